The molecule has 0 radical (unpaired) electrons. The van der Waals surface area contributed by atoms with Gasteiger partial charge in [-0.3, -0.25) is 0 Å². The van der Waals surface area contributed by atoms with Gasteiger partial charge in [0.15, 0.2) is 5.79 Å². The fourth-order valence-corrected chi connectivity index (χ4v) is 2.81. The lowest BCUT2D eigenvalue weighted by Gasteiger charge is -2.41. The minimum atomic E-state index is -0.273. The van der Waals surface area contributed by atoms with Crippen LogP contribution in [0.25, 0.3) is 0 Å². The van der Waals surface area contributed by atoms with Crippen LogP contribution in [-0.4, -0.2) is 33.1 Å². The number of methoxy groups -OCH3 is 2. The van der Waals surface area contributed by atoms with E-state index < -0.39 is 0 Å². The lowest BCUT2D eigenvalue weighted by atomic mass is 9.92. The first-order valence-electron chi connectivity index (χ1n) is 4.64. The largest absolute Gasteiger partial charge is 0.353 e. The van der Waals surface area contributed by atoms with E-state index in [1.54, 1.807) is 14.2 Å². The standard InChI is InChI=1S/C9H17NO2.ClH/c1-11-9(12-2)7-3-4-8(9)6-10-5-7;/h7-8,10H,3-6H2,1-2H3;1H. The van der Waals surface area contributed by atoms with E-state index in [1.165, 1.54) is 12.8 Å². The molecule has 0 aromatic rings. The van der Waals surface area contributed by atoms with Crippen molar-refractivity contribution in [2.45, 2.75) is 18.6 Å². The van der Waals surface area contributed by atoms with Gasteiger partial charge >= 0.3 is 0 Å². The predicted octanol–water partition coefficient (Wildman–Crippen LogP) is 1.03. The quantitative estimate of drug-likeness (QED) is 0.687. The predicted molar refractivity (Wildman–Crippen MR) is 53.1 cm³/mol. The smallest absolute Gasteiger partial charge is 0.175 e. The Morgan fingerprint density at radius 2 is 1.54 bits per heavy atom. The highest BCUT2D eigenvalue weighted by Crippen LogP contribution is 2.45. The van der Waals surface area contributed by atoms with Crippen LogP contribution in [0.4, 0.5) is 0 Å². The molecule has 2 aliphatic rings. The molecule has 4 heteroatoms. The number of hydrogen-bond acceptors (Lipinski definition) is 3. The fraction of sp³-hybridized carbons (Fsp3) is 1.00. The van der Waals surface area contributed by atoms with Crippen LogP contribution in [0.5, 0.6) is 0 Å². The van der Waals surface area contributed by atoms with Crippen LogP contribution in [0.15, 0.2) is 0 Å². The Kier molecular flexibility index (Phi) is 3.57. The number of hydrogen-bond donors (Lipinski definition) is 1. The maximum atomic E-state index is 5.55. The highest BCUT2D eigenvalue weighted by atomic mass is 35.5. The monoisotopic (exact) mass is 207 g/mol. The van der Waals surface area contributed by atoms with Crippen molar-refractivity contribution in [1.82, 2.24) is 5.32 Å². The Bertz CT molecular complexity index is 155. The molecule has 0 amide bonds. The normalized spacial score (nSPS) is 35.5. The Hall–Kier alpha value is 0.170. The lowest BCUT2D eigenvalue weighted by Crippen LogP contribution is -2.54. The maximum absolute atomic E-state index is 5.55. The van der Waals surface area contributed by atoms with Crippen molar-refractivity contribution in [3.05, 3.63) is 0 Å². The number of ether oxygens (including phenoxy) is 2. The molecule has 0 aromatic carbocycles. The van der Waals surface area contributed by atoms with Gasteiger partial charge in [-0.2, -0.15) is 0 Å². The van der Waals surface area contributed by atoms with Gasteiger partial charge in [-0.1, -0.05) is 0 Å². The van der Waals surface area contributed by atoms with Crippen molar-refractivity contribution in [2.75, 3.05) is 27.3 Å². The third kappa shape index (κ3) is 1.48. The molecule has 1 aliphatic carbocycles. The molecule has 1 saturated carbocycles. The van der Waals surface area contributed by atoms with Crippen LogP contribution in [0.3, 0.4) is 0 Å². The summed E-state index contributed by atoms with van der Waals surface area (Å²) in [5.41, 5.74) is 0. The van der Waals surface area contributed by atoms with Crippen molar-refractivity contribution in [2.24, 2.45) is 11.8 Å². The third-order valence-electron chi connectivity index (χ3n) is 3.42. The van der Waals surface area contributed by atoms with Gasteiger partial charge in [0.25, 0.3) is 0 Å². The van der Waals surface area contributed by atoms with Crippen LogP contribution in [0, 0.1) is 11.8 Å². The summed E-state index contributed by atoms with van der Waals surface area (Å²) in [6.07, 6.45) is 2.47. The van der Waals surface area contributed by atoms with E-state index in [-0.39, 0.29) is 18.2 Å². The summed E-state index contributed by atoms with van der Waals surface area (Å²) in [5.74, 6) is 0.822. The molecular formula is C9H18ClNO2. The van der Waals surface area contributed by atoms with Crippen LogP contribution in [0.2, 0.25) is 0 Å². The number of rotatable bonds is 2. The van der Waals surface area contributed by atoms with Crippen LogP contribution in [-0.2, 0) is 9.47 Å². The molecule has 13 heavy (non-hydrogen) atoms. The Balaban J connectivity index is 0.000000845. The summed E-state index contributed by atoms with van der Waals surface area (Å²) in [4.78, 5) is 0. The summed E-state index contributed by atoms with van der Waals surface area (Å²) in [5, 5.41) is 3.41. The molecular weight excluding hydrogens is 190 g/mol. The zero-order chi connectivity index (χ0) is 8.60. The van der Waals surface area contributed by atoms with Gasteiger partial charge in [-0.05, 0) is 12.8 Å². The molecule has 0 spiro atoms. The van der Waals surface area contributed by atoms with Crippen LogP contribution in [0.1, 0.15) is 12.8 Å². The van der Waals surface area contributed by atoms with Gasteiger partial charge in [-0.25, -0.2) is 0 Å². The summed E-state index contributed by atoms with van der Waals surface area (Å²) in [6.45, 7) is 2.08. The Morgan fingerprint density at radius 3 is 1.85 bits per heavy atom. The molecule has 3 nitrogen and oxygen atoms in total. The van der Waals surface area contributed by atoms with E-state index in [0.717, 1.165) is 13.1 Å². The minimum Gasteiger partial charge on any atom is -0.353 e. The summed E-state index contributed by atoms with van der Waals surface area (Å²) >= 11 is 0. The molecule has 2 atom stereocenters. The van der Waals surface area contributed by atoms with Crippen molar-refractivity contribution in [3.8, 4) is 0 Å². The topological polar surface area (TPSA) is 30.5 Å². The first kappa shape index (κ1) is 11.2. The van der Waals surface area contributed by atoms with Crippen molar-refractivity contribution >= 4 is 12.4 Å². The molecule has 2 bridgehead atoms. The van der Waals surface area contributed by atoms with Gasteiger partial charge in [-0.15, -0.1) is 12.4 Å². The van der Waals surface area contributed by atoms with Gasteiger partial charge in [0.2, 0.25) is 0 Å². The van der Waals surface area contributed by atoms with E-state index in [2.05, 4.69) is 5.32 Å². The second-order valence-corrected chi connectivity index (χ2v) is 3.76. The van der Waals surface area contributed by atoms with E-state index >= 15 is 0 Å². The first-order chi connectivity index (χ1) is 5.83. The zero-order valence-electron chi connectivity index (χ0n) is 8.21. The van der Waals surface area contributed by atoms with Crippen LogP contribution >= 0.6 is 12.4 Å². The highest BCUT2D eigenvalue weighted by Gasteiger charge is 2.53. The average molecular weight is 208 g/mol. The summed E-state index contributed by atoms with van der Waals surface area (Å²) in [7, 11) is 3.53. The number of halogens is 1. The van der Waals surface area contributed by atoms with E-state index in [0.29, 0.717) is 11.8 Å². The molecule has 1 N–H and O–H groups in total. The zero-order valence-corrected chi connectivity index (χ0v) is 9.02. The van der Waals surface area contributed by atoms with Crippen molar-refractivity contribution < 1.29 is 9.47 Å². The second kappa shape index (κ2) is 4.13. The Labute approximate surface area is 85.6 Å². The van der Waals surface area contributed by atoms with Gasteiger partial charge < -0.3 is 14.8 Å². The molecule has 2 rings (SSSR count). The molecule has 0 aromatic heterocycles. The second-order valence-electron chi connectivity index (χ2n) is 3.76. The first-order valence-corrected chi connectivity index (χ1v) is 4.64. The minimum absolute atomic E-state index is 0. The lowest BCUT2D eigenvalue weighted by molar-refractivity contribution is -0.258. The maximum Gasteiger partial charge on any atom is 0.175 e. The van der Waals surface area contributed by atoms with Gasteiger partial charge in [0.05, 0.1) is 0 Å². The SMILES string of the molecule is COC1(OC)C2CCC1CNC2.Cl. The average Bonchev–Trinajstić information content (AvgIpc) is 2.33. The fourth-order valence-electron chi connectivity index (χ4n) is 2.81. The number of nitrogens with one attached hydrogen (secondary N) is 1. The molecule has 1 saturated heterocycles. The van der Waals surface area contributed by atoms with Gasteiger partial charge in [0.1, 0.15) is 0 Å². The third-order valence-corrected chi connectivity index (χ3v) is 3.42. The van der Waals surface area contributed by atoms with Crippen molar-refractivity contribution in [3.63, 3.8) is 0 Å². The Morgan fingerprint density at radius 1 is 1.08 bits per heavy atom. The van der Waals surface area contributed by atoms with E-state index in [9.17, 15) is 0 Å². The summed E-state index contributed by atoms with van der Waals surface area (Å²) < 4.78 is 11.1. The van der Waals surface area contributed by atoms with E-state index in [1.807, 2.05) is 0 Å². The molecule has 2 unspecified atom stereocenters. The molecule has 1 aliphatic heterocycles. The van der Waals surface area contributed by atoms with E-state index in [4.69, 9.17) is 9.47 Å². The molecule has 78 valence electrons. The molecule has 2 fully saturated rings. The highest BCUT2D eigenvalue weighted by molar-refractivity contribution is 5.85. The summed E-state index contributed by atoms with van der Waals surface area (Å²) in [6, 6.07) is 0. The number of fused-ring (bicyclic) bond motifs is 2. The molecule has 1 heterocycles. The number of piperidine rings is 1. The van der Waals surface area contributed by atoms with Crippen molar-refractivity contribution in [1.29, 1.82) is 0 Å². The van der Waals surface area contributed by atoms with Crippen LogP contribution < -0.4 is 5.32 Å². The van der Waals surface area contributed by atoms with Gasteiger partial charge in [0, 0.05) is 39.1 Å².